The summed E-state index contributed by atoms with van der Waals surface area (Å²) >= 11 is 0. The van der Waals surface area contributed by atoms with Gasteiger partial charge in [0.1, 0.15) is 11.5 Å². The van der Waals surface area contributed by atoms with Crippen LogP contribution in [-0.4, -0.2) is 12.5 Å². The summed E-state index contributed by atoms with van der Waals surface area (Å²) in [6.45, 7) is 5.75. The fourth-order valence-electron chi connectivity index (χ4n) is 2.96. The minimum absolute atomic E-state index is 0.197. The first-order valence-corrected chi connectivity index (χ1v) is 8.38. The number of hydrogen-bond donors (Lipinski definition) is 1. The number of nitrogens with zero attached hydrogens (tertiary/aromatic N) is 1. The van der Waals surface area contributed by atoms with Gasteiger partial charge >= 0.3 is 0 Å². The van der Waals surface area contributed by atoms with Crippen molar-refractivity contribution in [3.8, 4) is 0 Å². The standard InChI is InChI=1S/C19H24N2O2/c1-3-17-9-10-18(23-17)13-20-14(2)15-6-4-7-16(12-15)21-11-5-8-19(21)22/h4,6-7,9-10,12,14,20H,3,5,8,11,13H2,1-2H3. The van der Waals surface area contributed by atoms with Gasteiger partial charge in [-0.05, 0) is 43.2 Å². The Hall–Kier alpha value is -2.07. The summed E-state index contributed by atoms with van der Waals surface area (Å²) in [5, 5.41) is 3.48. The number of carbonyl (C=O) groups is 1. The zero-order valence-corrected chi connectivity index (χ0v) is 13.8. The maximum Gasteiger partial charge on any atom is 0.227 e. The number of amides is 1. The monoisotopic (exact) mass is 312 g/mol. The molecular formula is C19H24N2O2. The highest BCUT2D eigenvalue weighted by atomic mass is 16.3. The van der Waals surface area contributed by atoms with Crippen molar-refractivity contribution in [2.75, 3.05) is 11.4 Å². The van der Waals surface area contributed by atoms with E-state index < -0.39 is 0 Å². The molecule has 1 saturated heterocycles. The Bertz CT molecular complexity index is 678. The van der Waals surface area contributed by atoms with Crippen LogP contribution in [0.5, 0.6) is 0 Å². The lowest BCUT2D eigenvalue weighted by Crippen LogP contribution is -2.24. The van der Waals surface area contributed by atoms with E-state index in [0.717, 1.165) is 36.6 Å². The molecule has 0 spiro atoms. The number of anilines is 1. The summed E-state index contributed by atoms with van der Waals surface area (Å²) in [5.41, 5.74) is 2.19. The van der Waals surface area contributed by atoms with E-state index in [2.05, 4.69) is 31.3 Å². The molecule has 0 radical (unpaired) electrons. The lowest BCUT2D eigenvalue weighted by molar-refractivity contribution is -0.117. The van der Waals surface area contributed by atoms with Crippen molar-refractivity contribution < 1.29 is 9.21 Å². The molecule has 0 aliphatic carbocycles. The van der Waals surface area contributed by atoms with E-state index in [1.54, 1.807) is 0 Å². The molecule has 122 valence electrons. The second kappa shape index (κ2) is 7.01. The zero-order valence-electron chi connectivity index (χ0n) is 13.8. The maximum atomic E-state index is 11.9. The van der Waals surface area contributed by atoms with Crippen LogP contribution in [0.15, 0.2) is 40.8 Å². The van der Waals surface area contributed by atoms with Crippen LogP contribution in [0, 0.1) is 0 Å². The molecule has 3 rings (SSSR count). The first-order valence-electron chi connectivity index (χ1n) is 8.38. The summed E-state index contributed by atoms with van der Waals surface area (Å²) < 4.78 is 5.72. The van der Waals surface area contributed by atoms with Crippen LogP contribution >= 0.6 is 0 Å². The lowest BCUT2D eigenvalue weighted by atomic mass is 10.1. The molecular weight excluding hydrogens is 288 g/mol. The van der Waals surface area contributed by atoms with E-state index in [0.29, 0.717) is 13.0 Å². The molecule has 1 aromatic heterocycles. The second-order valence-electron chi connectivity index (χ2n) is 6.07. The fraction of sp³-hybridized carbons (Fsp3) is 0.421. The minimum Gasteiger partial charge on any atom is -0.465 e. The number of carbonyl (C=O) groups excluding carboxylic acids is 1. The number of nitrogens with one attached hydrogen (secondary N) is 1. The predicted molar refractivity (Wildman–Crippen MR) is 91.4 cm³/mol. The Balaban J connectivity index is 1.65. The van der Waals surface area contributed by atoms with Crippen LogP contribution in [0.1, 0.15) is 49.8 Å². The van der Waals surface area contributed by atoms with E-state index in [9.17, 15) is 4.79 Å². The van der Waals surface area contributed by atoms with Gasteiger partial charge in [0.05, 0.1) is 6.54 Å². The minimum atomic E-state index is 0.197. The summed E-state index contributed by atoms with van der Waals surface area (Å²) in [7, 11) is 0. The largest absolute Gasteiger partial charge is 0.465 e. The van der Waals surface area contributed by atoms with E-state index >= 15 is 0 Å². The molecule has 1 fully saturated rings. The van der Waals surface area contributed by atoms with E-state index in [4.69, 9.17) is 4.42 Å². The van der Waals surface area contributed by atoms with Gasteiger partial charge in [0.25, 0.3) is 0 Å². The topological polar surface area (TPSA) is 45.5 Å². The lowest BCUT2D eigenvalue weighted by Gasteiger charge is -2.19. The van der Waals surface area contributed by atoms with Crippen molar-refractivity contribution in [2.45, 2.75) is 45.7 Å². The van der Waals surface area contributed by atoms with Crippen molar-refractivity contribution in [2.24, 2.45) is 0 Å². The summed E-state index contributed by atoms with van der Waals surface area (Å²) in [6.07, 6.45) is 2.53. The van der Waals surface area contributed by atoms with Gasteiger partial charge in [0, 0.05) is 31.1 Å². The normalized spacial score (nSPS) is 16.1. The Morgan fingerprint density at radius 3 is 2.78 bits per heavy atom. The third-order valence-electron chi connectivity index (χ3n) is 4.40. The van der Waals surface area contributed by atoms with Crippen LogP contribution in [0.2, 0.25) is 0 Å². The van der Waals surface area contributed by atoms with Crippen molar-refractivity contribution in [1.82, 2.24) is 5.32 Å². The fourth-order valence-corrected chi connectivity index (χ4v) is 2.96. The molecule has 2 aromatic rings. The molecule has 0 saturated carbocycles. The van der Waals surface area contributed by atoms with Gasteiger partial charge in [-0.3, -0.25) is 4.79 Å². The average Bonchev–Trinajstić information content (AvgIpc) is 3.21. The Morgan fingerprint density at radius 1 is 1.26 bits per heavy atom. The van der Waals surface area contributed by atoms with Crippen LogP contribution < -0.4 is 10.2 Å². The molecule has 1 amide bonds. The predicted octanol–water partition coefficient (Wildman–Crippen LogP) is 3.82. The maximum absolute atomic E-state index is 11.9. The molecule has 0 bridgehead atoms. The van der Waals surface area contributed by atoms with Crippen LogP contribution in [0.25, 0.3) is 0 Å². The molecule has 2 heterocycles. The third-order valence-corrected chi connectivity index (χ3v) is 4.40. The molecule has 1 unspecified atom stereocenters. The van der Waals surface area contributed by atoms with Crippen molar-refractivity contribution >= 4 is 11.6 Å². The van der Waals surface area contributed by atoms with Crippen LogP contribution in [0.3, 0.4) is 0 Å². The van der Waals surface area contributed by atoms with Crippen molar-refractivity contribution in [3.63, 3.8) is 0 Å². The number of rotatable bonds is 6. The first-order chi connectivity index (χ1) is 11.2. The Kier molecular flexibility index (Phi) is 4.82. The second-order valence-corrected chi connectivity index (χ2v) is 6.07. The van der Waals surface area contributed by atoms with Crippen molar-refractivity contribution in [1.29, 1.82) is 0 Å². The number of furan rings is 1. The summed E-state index contributed by atoms with van der Waals surface area (Å²) in [5.74, 6) is 2.20. The molecule has 4 nitrogen and oxygen atoms in total. The molecule has 1 aliphatic heterocycles. The van der Waals surface area contributed by atoms with Gasteiger partial charge in [0.2, 0.25) is 5.91 Å². The first kappa shape index (κ1) is 15.8. The van der Waals surface area contributed by atoms with Crippen LogP contribution in [-0.2, 0) is 17.8 Å². The summed E-state index contributed by atoms with van der Waals surface area (Å²) in [6, 6.07) is 12.5. The number of hydrogen-bond acceptors (Lipinski definition) is 3. The highest BCUT2D eigenvalue weighted by Gasteiger charge is 2.22. The molecule has 4 heteroatoms. The van der Waals surface area contributed by atoms with Gasteiger partial charge < -0.3 is 14.6 Å². The van der Waals surface area contributed by atoms with Gasteiger partial charge in [-0.25, -0.2) is 0 Å². The molecule has 1 aromatic carbocycles. The quantitative estimate of drug-likeness (QED) is 0.882. The Morgan fingerprint density at radius 2 is 2.09 bits per heavy atom. The zero-order chi connectivity index (χ0) is 16.2. The average molecular weight is 312 g/mol. The molecule has 1 aliphatic rings. The summed E-state index contributed by atoms with van der Waals surface area (Å²) in [4.78, 5) is 13.8. The highest BCUT2D eigenvalue weighted by molar-refractivity contribution is 5.95. The smallest absolute Gasteiger partial charge is 0.227 e. The van der Waals surface area contributed by atoms with Gasteiger partial charge in [0.15, 0.2) is 0 Å². The molecule has 1 N–H and O–H groups in total. The highest BCUT2D eigenvalue weighted by Crippen LogP contribution is 2.25. The Labute approximate surface area is 137 Å². The molecule has 1 atom stereocenters. The third kappa shape index (κ3) is 3.64. The van der Waals surface area contributed by atoms with E-state index in [1.165, 1.54) is 5.56 Å². The number of aryl methyl sites for hydroxylation is 1. The SMILES string of the molecule is CCc1ccc(CNC(C)c2cccc(N3CCCC3=O)c2)o1. The van der Waals surface area contributed by atoms with Crippen LogP contribution in [0.4, 0.5) is 5.69 Å². The van der Waals surface area contributed by atoms with E-state index in [1.807, 2.05) is 29.2 Å². The van der Waals surface area contributed by atoms with Crippen molar-refractivity contribution in [3.05, 3.63) is 53.5 Å². The van der Waals surface area contributed by atoms with E-state index in [-0.39, 0.29) is 11.9 Å². The van der Waals surface area contributed by atoms with Gasteiger partial charge in [-0.1, -0.05) is 19.1 Å². The van der Waals surface area contributed by atoms with Gasteiger partial charge in [-0.15, -0.1) is 0 Å². The van der Waals surface area contributed by atoms with Gasteiger partial charge in [-0.2, -0.15) is 0 Å². The molecule has 23 heavy (non-hydrogen) atoms. The number of benzene rings is 1.